The molecule has 2 unspecified atom stereocenters. The smallest absolute Gasteiger partial charge is 0.460 e. The molecule has 2 aromatic rings. The average molecular weight is 603 g/mol. The van der Waals surface area contributed by atoms with E-state index in [1.165, 1.54) is 34.3 Å². The Balaban J connectivity index is 0.000000275. The molecule has 0 spiro atoms. The van der Waals surface area contributed by atoms with E-state index in [1.807, 2.05) is 13.8 Å². The van der Waals surface area contributed by atoms with Crippen LogP contribution in [-0.4, -0.2) is 60.6 Å². The van der Waals surface area contributed by atoms with Gasteiger partial charge in [-0.3, -0.25) is 0 Å². The lowest BCUT2D eigenvalue weighted by atomic mass is 9.92. The molecular weight excluding hydrogens is 579 g/mol. The quantitative estimate of drug-likeness (QED) is 0.124. The molecule has 3 rings (SSSR count). The van der Waals surface area contributed by atoms with Crippen molar-refractivity contribution in [1.82, 2.24) is 0 Å². The summed E-state index contributed by atoms with van der Waals surface area (Å²) in [4.78, 5) is 0. The van der Waals surface area contributed by atoms with E-state index in [-0.39, 0.29) is 6.29 Å². The number of benzene rings is 2. The number of thiol groups is 1. The molecule has 2 atom stereocenters. The van der Waals surface area contributed by atoms with Crippen LogP contribution in [0.25, 0.3) is 10.8 Å². The highest BCUT2D eigenvalue weighted by Crippen LogP contribution is 2.54. The van der Waals surface area contributed by atoms with Crippen LogP contribution in [0.15, 0.2) is 36.4 Å². The van der Waals surface area contributed by atoms with E-state index in [1.54, 1.807) is 11.8 Å². The predicted octanol–water partition coefficient (Wildman–Crippen LogP) is 5.86. The Bertz CT molecular complexity index is 1200. The third-order valence-corrected chi connectivity index (χ3v) is 7.61. The van der Waals surface area contributed by atoms with E-state index in [2.05, 4.69) is 36.4 Å². The molecular formula is C22H23F9O5S2. The fourth-order valence-corrected chi connectivity index (χ4v) is 5.38. The fourth-order valence-electron chi connectivity index (χ4n) is 3.59. The SMILES string of the molecule is CCOC(C)Oc1ccc2ccccc2c1C1CC[SH+]C1.O=S(=O)([O-])C(F)(F)C(F)(F)C(F)(F)C(F)(F)F. The van der Waals surface area contributed by atoms with Crippen molar-refractivity contribution < 1.29 is 62.0 Å². The number of hydrogen-bond acceptors (Lipinski definition) is 5. The van der Waals surface area contributed by atoms with Crippen molar-refractivity contribution in [2.75, 3.05) is 18.1 Å². The van der Waals surface area contributed by atoms with Crippen LogP contribution in [0.1, 0.15) is 31.7 Å². The fraction of sp³-hybridized carbons (Fsp3) is 0.545. The lowest BCUT2D eigenvalue weighted by molar-refractivity contribution is -0.382. The van der Waals surface area contributed by atoms with Crippen LogP contribution in [-0.2, 0) is 26.6 Å². The number of alkyl halides is 9. The molecule has 38 heavy (non-hydrogen) atoms. The molecule has 1 aliphatic rings. The Morgan fingerprint density at radius 3 is 2.11 bits per heavy atom. The summed E-state index contributed by atoms with van der Waals surface area (Å²) in [5, 5.41) is -4.48. The van der Waals surface area contributed by atoms with Crippen molar-refractivity contribution >= 4 is 32.7 Å². The van der Waals surface area contributed by atoms with Gasteiger partial charge >= 0.3 is 23.3 Å². The molecule has 0 aliphatic carbocycles. The zero-order valence-corrected chi connectivity index (χ0v) is 21.5. The zero-order chi connectivity index (χ0) is 29.2. The van der Waals surface area contributed by atoms with Gasteiger partial charge in [-0.1, -0.05) is 30.3 Å². The number of hydrogen-bond donors (Lipinski definition) is 0. The van der Waals surface area contributed by atoms with Gasteiger partial charge in [0, 0.05) is 24.5 Å². The third kappa shape index (κ3) is 6.45. The van der Waals surface area contributed by atoms with Crippen molar-refractivity contribution in [1.29, 1.82) is 0 Å². The first kappa shape index (κ1) is 32.3. The van der Waals surface area contributed by atoms with Crippen LogP contribution in [0, 0.1) is 0 Å². The number of fused-ring (bicyclic) bond motifs is 1. The van der Waals surface area contributed by atoms with Gasteiger partial charge in [-0.15, -0.1) is 0 Å². The monoisotopic (exact) mass is 602 g/mol. The maximum atomic E-state index is 12.2. The first-order valence-electron chi connectivity index (χ1n) is 10.9. The summed E-state index contributed by atoms with van der Waals surface area (Å²) in [6.45, 7) is 4.64. The first-order valence-corrected chi connectivity index (χ1v) is 13.6. The van der Waals surface area contributed by atoms with Crippen molar-refractivity contribution in [3.8, 4) is 5.75 Å². The minimum Gasteiger partial charge on any atom is -0.743 e. The highest BCUT2D eigenvalue weighted by Gasteiger charge is 2.83. The van der Waals surface area contributed by atoms with Crippen LogP contribution < -0.4 is 4.74 Å². The molecule has 0 radical (unpaired) electrons. The molecule has 0 aromatic heterocycles. The van der Waals surface area contributed by atoms with Crippen LogP contribution in [0.2, 0.25) is 0 Å². The van der Waals surface area contributed by atoms with E-state index in [9.17, 15) is 52.5 Å². The second-order valence-electron chi connectivity index (χ2n) is 8.07. The molecule has 2 aromatic carbocycles. The molecule has 0 saturated carbocycles. The molecule has 5 nitrogen and oxygen atoms in total. The van der Waals surface area contributed by atoms with Crippen LogP contribution in [0.4, 0.5) is 39.5 Å². The third-order valence-electron chi connectivity index (χ3n) is 5.45. The second-order valence-corrected chi connectivity index (χ2v) is 10.8. The van der Waals surface area contributed by atoms with Crippen molar-refractivity contribution in [2.45, 2.75) is 55.8 Å². The maximum absolute atomic E-state index is 12.2. The summed E-state index contributed by atoms with van der Waals surface area (Å²) < 4.78 is 147. The number of ether oxygens (including phenoxy) is 2. The molecule has 0 N–H and O–H groups in total. The number of halogens is 9. The van der Waals surface area contributed by atoms with E-state index in [4.69, 9.17) is 9.47 Å². The Kier molecular flexibility index (Phi) is 9.93. The molecule has 1 heterocycles. The average Bonchev–Trinajstić information content (AvgIpc) is 3.32. The van der Waals surface area contributed by atoms with Gasteiger partial charge in [0.15, 0.2) is 16.4 Å². The van der Waals surface area contributed by atoms with Gasteiger partial charge in [-0.2, -0.15) is 39.5 Å². The summed E-state index contributed by atoms with van der Waals surface area (Å²) in [5.41, 5.74) is 1.38. The summed E-state index contributed by atoms with van der Waals surface area (Å²) in [6, 6.07) is 12.9. The number of rotatable bonds is 8. The molecule has 1 aliphatic heterocycles. The molecule has 0 bridgehead atoms. The molecule has 216 valence electrons. The maximum Gasteiger partial charge on any atom is 0.460 e. The first-order chi connectivity index (χ1) is 17.3. The van der Waals surface area contributed by atoms with Crippen molar-refractivity contribution in [3.05, 3.63) is 42.0 Å². The predicted molar refractivity (Wildman–Crippen MR) is 122 cm³/mol. The molecule has 16 heteroatoms. The highest BCUT2D eigenvalue weighted by molar-refractivity contribution is 7.86. The topological polar surface area (TPSA) is 75.7 Å². The van der Waals surface area contributed by atoms with Gasteiger partial charge in [-0.05, 0) is 42.4 Å². The van der Waals surface area contributed by atoms with Crippen LogP contribution in [0.3, 0.4) is 0 Å². The van der Waals surface area contributed by atoms with Crippen LogP contribution in [0.5, 0.6) is 5.75 Å². The van der Waals surface area contributed by atoms with Crippen molar-refractivity contribution in [2.24, 2.45) is 0 Å². The Labute approximate surface area is 216 Å². The molecule has 1 fully saturated rings. The van der Waals surface area contributed by atoms with Gasteiger partial charge in [-0.25, -0.2) is 8.42 Å². The highest BCUT2D eigenvalue weighted by atomic mass is 32.2. The van der Waals surface area contributed by atoms with E-state index in [0.717, 1.165) is 5.75 Å². The van der Waals surface area contributed by atoms with E-state index in [0.29, 0.717) is 12.5 Å². The molecule has 1 saturated heterocycles. The van der Waals surface area contributed by atoms with Gasteiger partial charge in [0.2, 0.25) is 0 Å². The Hall–Kier alpha value is -1.91. The standard InChI is InChI=1S/C18H22O2S.C4HF9O3S/c1-3-19-13(2)20-17-9-8-14-6-4-5-7-16(14)18(17)15-10-11-21-12-15;5-1(6,3(9,10)11)2(7,8)4(12,13)17(14,15)16/h4-9,13,15H,3,10-12H2,1-2H3;(H,14,15,16). The lowest BCUT2D eigenvalue weighted by Gasteiger charge is -2.34. The second kappa shape index (κ2) is 11.7. The Morgan fingerprint density at radius 2 is 1.61 bits per heavy atom. The zero-order valence-electron chi connectivity index (χ0n) is 19.7. The molecule has 0 amide bonds. The van der Waals surface area contributed by atoms with E-state index < -0.39 is 33.4 Å². The normalized spacial score (nSPS) is 18.2. The Morgan fingerprint density at radius 1 is 1.00 bits per heavy atom. The van der Waals surface area contributed by atoms with Crippen LogP contribution >= 0.6 is 0 Å². The van der Waals surface area contributed by atoms with Gasteiger partial charge in [0.05, 0.1) is 0 Å². The van der Waals surface area contributed by atoms with Gasteiger partial charge in [0.25, 0.3) is 0 Å². The van der Waals surface area contributed by atoms with Gasteiger partial charge < -0.3 is 14.0 Å². The summed E-state index contributed by atoms with van der Waals surface area (Å²) in [6.07, 6.45) is -6.10. The summed E-state index contributed by atoms with van der Waals surface area (Å²) in [7, 11) is -7.42. The largest absolute Gasteiger partial charge is 0.743 e. The minimum absolute atomic E-state index is 0.200. The van der Waals surface area contributed by atoms with E-state index >= 15 is 0 Å². The summed E-state index contributed by atoms with van der Waals surface area (Å²) >= 11 is 1.56. The summed E-state index contributed by atoms with van der Waals surface area (Å²) in [5.74, 6) is -10.7. The van der Waals surface area contributed by atoms with Crippen molar-refractivity contribution in [3.63, 3.8) is 0 Å². The lowest BCUT2D eigenvalue weighted by Crippen LogP contribution is -2.63. The minimum atomic E-state index is -7.43. The van der Waals surface area contributed by atoms with Gasteiger partial charge in [0.1, 0.15) is 17.3 Å².